The summed E-state index contributed by atoms with van der Waals surface area (Å²) < 4.78 is -1.88. The van der Waals surface area contributed by atoms with Crippen LogP contribution in [0.1, 0.15) is 54.1 Å². The van der Waals surface area contributed by atoms with Crippen molar-refractivity contribution in [3.63, 3.8) is 0 Å². The van der Waals surface area contributed by atoms with Gasteiger partial charge in [0.05, 0.1) is 6.10 Å². The first-order chi connectivity index (χ1) is 21.5. The number of aryl methyl sites for hydroxylation is 1. The molecule has 0 saturated carbocycles. The van der Waals surface area contributed by atoms with Crippen LogP contribution in [0.3, 0.4) is 0 Å². The Morgan fingerprint density at radius 1 is 0.532 bits per heavy atom. The number of rotatable bonds is 5. The summed E-state index contributed by atoms with van der Waals surface area (Å²) in [6.07, 6.45) is 3.46. The second kappa shape index (κ2) is 16.7. The molecule has 0 radical (unpaired) electrons. The molecule has 2 aromatic carbocycles. The zero-order chi connectivity index (χ0) is 35.4. The third-order valence-corrected chi connectivity index (χ3v) is 7.32. The predicted molar refractivity (Wildman–Crippen MR) is 198 cm³/mol. The first kappa shape index (κ1) is 40.9. The van der Waals surface area contributed by atoms with Gasteiger partial charge in [0, 0.05) is 5.56 Å². The molecule has 0 aliphatic carbocycles. The van der Waals surface area contributed by atoms with E-state index >= 15 is 0 Å². The van der Waals surface area contributed by atoms with E-state index in [1.807, 2.05) is 69.3 Å². The fourth-order valence-electron chi connectivity index (χ4n) is 3.28. The molecule has 19 heteroatoms. The Labute approximate surface area is 331 Å². The summed E-state index contributed by atoms with van der Waals surface area (Å²) in [5, 5.41) is 0. The largest absolute Gasteiger partial charge is 0.491 e. The third-order valence-electron chi connectivity index (χ3n) is 5.29. The number of ether oxygens (including phenoxy) is 1. The molecule has 0 amide bonds. The molecular formula is C28H20Cl12N6O. The summed E-state index contributed by atoms with van der Waals surface area (Å²) in [6, 6.07) is 14.9. The van der Waals surface area contributed by atoms with Crippen molar-refractivity contribution < 1.29 is 4.74 Å². The Morgan fingerprint density at radius 3 is 1.32 bits per heavy atom. The van der Waals surface area contributed by atoms with Crippen LogP contribution in [-0.2, 0) is 15.2 Å². The normalized spacial score (nSPS) is 12.7. The van der Waals surface area contributed by atoms with Crippen molar-refractivity contribution in [2.45, 2.75) is 42.0 Å². The van der Waals surface area contributed by atoms with Gasteiger partial charge in [-0.05, 0) is 44.5 Å². The van der Waals surface area contributed by atoms with Crippen molar-refractivity contribution in [2.75, 3.05) is 0 Å². The van der Waals surface area contributed by atoms with Crippen LogP contribution in [0.5, 0.6) is 5.75 Å². The number of nitrogens with zero attached hydrogens (tertiary/aromatic N) is 6. The maximum absolute atomic E-state index is 5.84. The standard InChI is InChI=1S/C16H13Cl6N3O.C12H7Cl6N3/c1-9(2)26-11-6-3-10(4-7-11)5-8-12-23-13(15(17,18)19)25-14(24-12)16(20,21)22;1-6-2-4-7(5-3-6)8-19-9(11(13,14)15)21-10(20-8)12(16,17)18/h3-9H,1-2H3;2-5H,1H3/b8-5+;. The molecule has 0 fully saturated rings. The van der Waals surface area contributed by atoms with Gasteiger partial charge in [0.25, 0.3) is 0 Å². The summed E-state index contributed by atoms with van der Waals surface area (Å²) >= 11 is 69.9. The molecule has 4 aromatic rings. The van der Waals surface area contributed by atoms with Gasteiger partial charge in [0.1, 0.15) is 5.75 Å². The monoisotopic (exact) mass is 876 g/mol. The summed E-state index contributed by atoms with van der Waals surface area (Å²) in [5.41, 5.74) is 2.65. The van der Waals surface area contributed by atoms with E-state index < -0.39 is 15.2 Å². The number of aromatic nitrogens is 6. The van der Waals surface area contributed by atoms with E-state index in [0.717, 1.165) is 16.9 Å². The predicted octanol–water partition coefficient (Wildman–Crippen LogP) is 12.0. The molecule has 4 rings (SSSR count). The Bertz CT molecular complexity index is 1620. The minimum atomic E-state index is -1.88. The number of hydrogen-bond acceptors (Lipinski definition) is 7. The highest BCUT2D eigenvalue weighted by Crippen LogP contribution is 2.41. The van der Waals surface area contributed by atoms with Gasteiger partial charge in [-0.25, -0.2) is 29.9 Å². The van der Waals surface area contributed by atoms with Crippen LogP contribution in [-0.4, -0.2) is 36.0 Å². The van der Waals surface area contributed by atoms with Crippen LogP contribution in [0, 0.1) is 6.92 Å². The average Bonchev–Trinajstić information content (AvgIpc) is 2.95. The molecule has 47 heavy (non-hydrogen) atoms. The van der Waals surface area contributed by atoms with Crippen molar-refractivity contribution in [3.8, 4) is 17.1 Å². The fourth-order valence-corrected chi connectivity index (χ4v) is 4.30. The zero-order valence-corrected chi connectivity index (χ0v) is 33.0. The van der Waals surface area contributed by atoms with Crippen molar-refractivity contribution in [2.24, 2.45) is 0 Å². The van der Waals surface area contributed by atoms with Gasteiger partial charge in [-0.15, -0.1) is 0 Å². The van der Waals surface area contributed by atoms with Crippen LogP contribution in [0.4, 0.5) is 0 Å². The molecular weight excluding hydrogens is 862 g/mol. The summed E-state index contributed by atoms with van der Waals surface area (Å²) in [5.74, 6) is 0.712. The molecule has 0 aliphatic heterocycles. The van der Waals surface area contributed by atoms with E-state index in [-0.39, 0.29) is 41.1 Å². The Morgan fingerprint density at radius 2 is 0.936 bits per heavy atom. The highest BCUT2D eigenvalue weighted by Gasteiger charge is 2.35. The highest BCUT2D eigenvalue weighted by atomic mass is 35.6. The summed E-state index contributed by atoms with van der Waals surface area (Å²) in [6.45, 7) is 5.87. The van der Waals surface area contributed by atoms with E-state index in [0.29, 0.717) is 5.56 Å². The minimum absolute atomic E-state index is 0.0994. The van der Waals surface area contributed by atoms with Crippen molar-refractivity contribution in [1.82, 2.24) is 29.9 Å². The SMILES string of the molecule is CC(C)Oc1ccc(/C=C/c2nc(C(Cl)(Cl)Cl)nc(C(Cl)(Cl)Cl)n2)cc1.Cc1ccc(-c2nc(C(Cl)(Cl)Cl)nc(C(Cl)(Cl)Cl)n2)cc1. The number of alkyl halides is 12. The lowest BCUT2D eigenvalue weighted by molar-refractivity contribution is 0.242. The maximum atomic E-state index is 5.84. The van der Waals surface area contributed by atoms with E-state index in [2.05, 4.69) is 29.9 Å². The number of hydrogen-bond donors (Lipinski definition) is 0. The fraction of sp³-hybridized carbons (Fsp3) is 0.286. The maximum Gasteiger partial charge on any atom is 0.250 e. The number of benzene rings is 2. The molecule has 0 unspecified atom stereocenters. The Balaban J connectivity index is 0.000000261. The van der Waals surface area contributed by atoms with E-state index in [9.17, 15) is 0 Å². The van der Waals surface area contributed by atoms with E-state index in [1.165, 1.54) is 0 Å². The second-order valence-electron chi connectivity index (χ2n) is 9.57. The molecule has 252 valence electrons. The molecule has 0 saturated heterocycles. The first-order valence-corrected chi connectivity index (χ1v) is 17.4. The topological polar surface area (TPSA) is 86.6 Å². The lowest BCUT2D eigenvalue weighted by Crippen LogP contribution is -2.16. The summed E-state index contributed by atoms with van der Waals surface area (Å²) in [4.78, 5) is 24.2. The lowest BCUT2D eigenvalue weighted by Gasteiger charge is -2.15. The van der Waals surface area contributed by atoms with Crippen LogP contribution in [0.2, 0.25) is 0 Å². The van der Waals surface area contributed by atoms with Gasteiger partial charge >= 0.3 is 0 Å². The molecule has 0 bridgehead atoms. The number of halogens is 12. The van der Waals surface area contributed by atoms with E-state index in [4.69, 9.17) is 144 Å². The van der Waals surface area contributed by atoms with Crippen LogP contribution >= 0.6 is 139 Å². The Kier molecular flexibility index (Phi) is 14.5. The Hall–Kier alpha value is -0.520. The van der Waals surface area contributed by atoms with Crippen molar-refractivity contribution in [1.29, 1.82) is 0 Å². The zero-order valence-electron chi connectivity index (χ0n) is 24.0. The van der Waals surface area contributed by atoms with Crippen molar-refractivity contribution >= 4 is 151 Å². The second-order valence-corrected chi connectivity index (χ2v) is 18.7. The van der Waals surface area contributed by atoms with Gasteiger partial charge in [0.15, 0.2) is 34.9 Å². The quantitative estimate of drug-likeness (QED) is 0.185. The molecule has 0 spiro atoms. The molecule has 7 nitrogen and oxygen atoms in total. The minimum Gasteiger partial charge on any atom is -0.491 e. The molecule has 0 aliphatic rings. The molecule has 0 N–H and O–H groups in total. The van der Waals surface area contributed by atoms with Gasteiger partial charge in [-0.3, -0.25) is 0 Å². The summed E-state index contributed by atoms with van der Waals surface area (Å²) in [7, 11) is 0. The van der Waals surface area contributed by atoms with Gasteiger partial charge in [-0.1, -0.05) is 187 Å². The van der Waals surface area contributed by atoms with E-state index in [1.54, 1.807) is 12.2 Å². The van der Waals surface area contributed by atoms with Crippen molar-refractivity contribution in [3.05, 3.63) is 88.8 Å². The first-order valence-electron chi connectivity index (χ1n) is 12.8. The van der Waals surface area contributed by atoms with Crippen LogP contribution in [0.15, 0.2) is 48.5 Å². The van der Waals surface area contributed by atoms with Gasteiger partial charge in [0.2, 0.25) is 15.2 Å². The van der Waals surface area contributed by atoms with Crippen LogP contribution in [0.25, 0.3) is 23.5 Å². The third kappa shape index (κ3) is 13.3. The van der Waals surface area contributed by atoms with Crippen LogP contribution < -0.4 is 4.74 Å². The highest BCUT2D eigenvalue weighted by molar-refractivity contribution is 6.68. The molecule has 2 aromatic heterocycles. The lowest BCUT2D eigenvalue weighted by atomic mass is 10.1. The smallest absolute Gasteiger partial charge is 0.250 e. The molecule has 2 heterocycles. The van der Waals surface area contributed by atoms with Gasteiger partial charge < -0.3 is 4.74 Å². The van der Waals surface area contributed by atoms with Gasteiger partial charge in [-0.2, -0.15) is 0 Å². The molecule has 0 atom stereocenters. The average molecular weight is 882 g/mol.